The Kier molecular flexibility index (Phi) is 4.84. The van der Waals surface area contributed by atoms with Gasteiger partial charge in [-0.05, 0) is 24.3 Å². The van der Waals surface area contributed by atoms with Crippen LogP contribution in [0.3, 0.4) is 0 Å². The molecule has 3 heterocycles. The van der Waals surface area contributed by atoms with Crippen LogP contribution in [0.1, 0.15) is 0 Å². The van der Waals surface area contributed by atoms with E-state index in [4.69, 9.17) is 21.6 Å². The summed E-state index contributed by atoms with van der Waals surface area (Å²) in [5.74, 6) is 1.92. The normalized spacial score (nSPS) is 11.7. The van der Waals surface area contributed by atoms with Crippen LogP contribution in [-0.2, 0) is 0 Å². The molecule has 0 aliphatic heterocycles. The molecule has 0 N–H and O–H groups in total. The molecule has 0 aliphatic rings. The predicted octanol–water partition coefficient (Wildman–Crippen LogP) is 8.99. The molecule has 5 heteroatoms. The molecule has 184 valence electrons. The number of halogens is 1. The van der Waals surface area contributed by atoms with Gasteiger partial charge in [0.15, 0.2) is 17.5 Å². The highest BCUT2D eigenvalue weighted by molar-refractivity contribution is 6.34. The van der Waals surface area contributed by atoms with Crippen molar-refractivity contribution in [1.82, 2.24) is 19.1 Å². The Balaban J connectivity index is 1.55. The van der Waals surface area contributed by atoms with E-state index >= 15 is 0 Å². The van der Waals surface area contributed by atoms with Gasteiger partial charge in [0, 0.05) is 27.1 Å². The molecule has 8 rings (SSSR count). The molecule has 5 aromatic carbocycles. The summed E-state index contributed by atoms with van der Waals surface area (Å²) >= 11 is 7.39. The zero-order chi connectivity index (χ0) is 25.9. The van der Waals surface area contributed by atoms with Crippen LogP contribution in [0.15, 0.2) is 127 Å². The minimum absolute atomic E-state index is 0.493. The lowest BCUT2D eigenvalue weighted by Gasteiger charge is -2.16. The lowest BCUT2D eigenvalue weighted by molar-refractivity contribution is 0.994. The monoisotopic (exact) mass is 520 g/mol. The summed E-state index contributed by atoms with van der Waals surface area (Å²) in [6.07, 6.45) is 0. The molecule has 0 bridgehead atoms. The second-order valence-corrected chi connectivity index (χ2v) is 9.99. The van der Waals surface area contributed by atoms with Crippen LogP contribution < -0.4 is 0 Å². The summed E-state index contributed by atoms with van der Waals surface area (Å²) in [4.78, 5) is 10.2. The topological polar surface area (TPSA) is 35.6 Å². The molecule has 0 fully saturated rings. The first-order valence-corrected chi connectivity index (χ1v) is 13.3. The van der Waals surface area contributed by atoms with E-state index in [2.05, 4.69) is 106 Å². The molecule has 0 atom stereocenters. The highest BCUT2D eigenvalue weighted by atomic mass is 35.5. The van der Waals surface area contributed by atoms with Gasteiger partial charge in [0.1, 0.15) is 5.02 Å². The third kappa shape index (κ3) is 3.25. The van der Waals surface area contributed by atoms with E-state index in [0.717, 1.165) is 49.2 Å². The van der Waals surface area contributed by atoms with Crippen LogP contribution >= 0.6 is 11.6 Å². The average molecular weight is 521 g/mol. The van der Waals surface area contributed by atoms with Crippen molar-refractivity contribution in [2.45, 2.75) is 0 Å². The van der Waals surface area contributed by atoms with Crippen LogP contribution in [0.25, 0.3) is 66.6 Å². The Morgan fingerprint density at radius 3 is 1.13 bits per heavy atom. The van der Waals surface area contributed by atoms with Crippen molar-refractivity contribution < 1.29 is 0 Å². The zero-order valence-corrected chi connectivity index (χ0v) is 21.5. The van der Waals surface area contributed by atoms with E-state index in [0.29, 0.717) is 22.5 Å². The van der Waals surface area contributed by atoms with Crippen molar-refractivity contribution in [2.75, 3.05) is 0 Å². The molecule has 0 radical (unpaired) electrons. The predicted molar refractivity (Wildman–Crippen MR) is 161 cm³/mol. The van der Waals surface area contributed by atoms with Gasteiger partial charge < -0.3 is 0 Å². The van der Waals surface area contributed by atoms with Crippen LogP contribution in [0.5, 0.6) is 0 Å². The first kappa shape index (κ1) is 22.1. The summed E-state index contributed by atoms with van der Waals surface area (Å²) < 4.78 is 4.33. The van der Waals surface area contributed by atoms with Crippen molar-refractivity contribution in [3.63, 3.8) is 0 Å². The third-order valence-electron chi connectivity index (χ3n) is 7.43. The Morgan fingerprint density at radius 1 is 0.410 bits per heavy atom. The first-order chi connectivity index (χ1) is 19.3. The van der Waals surface area contributed by atoms with E-state index in [1.807, 2.05) is 30.3 Å². The molecular formula is C34H21ClN4. The Morgan fingerprint density at radius 2 is 0.744 bits per heavy atom. The molecular weight excluding hydrogens is 500 g/mol. The van der Waals surface area contributed by atoms with Gasteiger partial charge in [-0.1, -0.05) is 115 Å². The number of hydrogen-bond acceptors (Lipinski definition) is 2. The van der Waals surface area contributed by atoms with Crippen molar-refractivity contribution in [3.8, 4) is 23.0 Å². The van der Waals surface area contributed by atoms with E-state index < -0.39 is 0 Å². The zero-order valence-electron chi connectivity index (χ0n) is 20.8. The van der Waals surface area contributed by atoms with Crippen molar-refractivity contribution in [3.05, 3.63) is 132 Å². The van der Waals surface area contributed by atoms with Gasteiger partial charge in [0.05, 0.1) is 22.1 Å². The molecule has 3 aromatic heterocycles. The minimum Gasteiger partial charge on any atom is -0.292 e. The molecule has 39 heavy (non-hydrogen) atoms. The van der Waals surface area contributed by atoms with E-state index in [1.54, 1.807) is 0 Å². The SMILES string of the molecule is Clc1c(-n2c3ccccc3c3ccccc32)nc(-c2ccccc2)nc1-n1c2ccccc2c2ccccc21. The Bertz CT molecular complexity index is 1950. The Hall–Kier alpha value is -4.93. The third-order valence-corrected chi connectivity index (χ3v) is 7.77. The largest absolute Gasteiger partial charge is 0.292 e. The van der Waals surface area contributed by atoms with Crippen LogP contribution in [0, 0.1) is 0 Å². The van der Waals surface area contributed by atoms with Crippen LogP contribution in [0.2, 0.25) is 5.02 Å². The van der Waals surface area contributed by atoms with Gasteiger partial charge in [-0.15, -0.1) is 0 Å². The second kappa shape index (κ2) is 8.55. The number of fused-ring (bicyclic) bond motifs is 6. The average Bonchev–Trinajstić information content (AvgIpc) is 3.51. The molecule has 0 unspecified atom stereocenters. The second-order valence-electron chi connectivity index (χ2n) is 9.61. The molecule has 0 aliphatic carbocycles. The molecule has 0 spiro atoms. The molecule has 8 aromatic rings. The number of aromatic nitrogens is 4. The smallest absolute Gasteiger partial charge is 0.164 e. The van der Waals surface area contributed by atoms with Crippen LogP contribution in [0.4, 0.5) is 0 Å². The number of para-hydroxylation sites is 4. The fourth-order valence-electron chi connectivity index (χ4n) is 5.74. The maximum atomic E-state index is 7.39. The maximum Gasteiger partial charge on any atom is 0.164 e. The van der Waals surface area contributed by atoms with Gasteiger partial charge in [0.25, 0.3) is 0 Å². The summed E-state index contributed by atoms with van der Waals surface area (Å²) in [5.41, 5.74) is 5.12. The minimum atomic E-state index is 0.493. The van der Waals surface area contributed by atoms with E-state index in [-0.39, 0.29) is 0 Å². The number of nitrogens with zero attached hydrogens (tertiary/aromatic N) is 4. The van der Waals surface area contributed by atoms with Crippen molar-refractivity contribution in [2.24, 2.45) is 0 Å². The molecule has 4 nitrogen and oxygen atoms in total. The van der Waals surface area contributed by atoms with Crippen molar-refractivity contribution in [1.29, 1.82) is 0 Å². The summed E-state index contributed by atoms with van der Waals surface area (Å²) in [5, 5.41) is 5.11. The number of benzene rings is 5. The number of hydrogen-bond donors (Lipinski definition) is 0. The van der Waals surface area contributed by atoms with Crippen LogP contribution in [-0.4, -0.2) is 19.1 Å². The summed E-state index contributed by atoms with van der Waals surface area (Å²) in [6.45, 7) is 0. The molecule has 0 saturated carbocycles. The quantitative estimate of drug-likeness (QED) is 0.233. The lowest BCUT2D eigenvalue weighted by Crippen LogP contribution is -2.08. The van der Waals surface area contributed by atoms with Gasteiger partial charge in [0.2, 0.25) is 0 Å². The highest BCUT2D eigenvalue weighted by Crippen LogP contribution is 2.39. The standard InChI is InChI=1S/C34H21ClN4/c35-31-33(38-27-18-8-4-14-23(27)24-15-5-9-19-28(24)38)36-32(22-12-2-1-3-13-22)37-34(31)39-29-20-10-6-16-25(29)26-17-7-11-21-30(26)39/h1-21H. The Labute approximate surface area is 229 Å². The van der Waals surface area contributed by atoms with Gasteiger partial charge in [-0.3, -0.25) is 9.13 Å². The number of rotatable bonds is 3. The maximum absolute atomic E-state index is 7.39. The summed E-state index contributed by atoms with van der Waals surface area (Å²) in [6, 6.07) is 43.7. The summed E-state index contributed by atoms with van der Waals surface area (Å²) in [7, 11) is 0. The fourth-order valence-corrected chi connectivity index (χ4v) is 5.99. The van der Waals surface area contributed by atoms with E-state index in [9.17, 15) is 0 Å². The molecule has 0 saturated heterocycles. The van der Waals surface area contributed by atoms with Gasteiger partial charge in [-0.25, -0.2) is 9.97 Å². The van der Waals surface area contributed by atoms with Crippen molar-refractivity contribution >= 4 is 55.2 Å². The fraction of sp³-hybridized carbons (Fsp3) is 0. The van der Waals surface area contributed by atoms with Gasteiger partial charge >= 0.3 is 0 Å². The van der Waals surface area contributed by atoms with Gasteiger partial charge in [-0.2, -0.15) is 0 Å². The molecule has 0 amide bonds. The first-order valence-electron chi connectivity index (χ1n) is 12.9. The lowest BCUT2D eigenvalue weighted by atomic mass is 10.2. The highest BCUT2D eigenvalue weighted by Gasteiger charge is 2.23. The van der Waals surface area contributed by atoms with E-state index in [1.165, 1.54) is 0 Å².